The number of benzene rings is 3. The van der Waals surface area contributed by atoms with Crippen LogP contribution in [0.3, 0.4) is 0 Å². The van der Waals surface area contributed by atoms with Gasteiger partial charge in [-0.3, -0.25) is 9.59 Å². The maximum absolute atomic E-state index is 12.3. The first-order valence-corrected chi connectivity index (χ1v) is 10.8. The number of para-hydroxylation sites is 1. The van der Waals surface area contributed by atoms with Crippen LogP contribution < -0.4 is 24.8 Å². The summed E-state index contributed by atoms with van der Waals surface area (Å²) in [6.45, 7) is -0.0737. The van der Waals surface area contributed by atoms with Gasteiger partial charge >= 0.3 is 0 Å². The molecule has 3 aromatic carbocycles. The van der Waals surface area contributed by atoms with Crippen molar-refractivity contribution in [3.8, 4) is 17.2 Å². The van der Waals surface area contributed by atoms with E-state index >= 15 is 0 Å². The Bertz CT molecular complexity index is 1020. The van der Waals surface area contributed by atoms with Gasteiger partial charge in [-0.25, -0.2) is 0 Å². The summed E-state index contributed by atoms with van der Waals surface area (Å²) in [5, 5.41) is 5.62. The van der Waals surface area contributed by atoms with Crippen LogP contribution >= 0.6 is 11.8 Å². The summed E-state index contributed by atoms with van der Waals surface area (Å²) >= 11 is 1.39. The van der Waals surface area contributed by atoms with Crippen LogP contribution in [0.5, 0.6) is 17.2 Å². The molecule has 2 N–H and O–H groups in total. The quantitative estimate of drug-likeness (QED) is 0.442. The average Bonchev–Trinajstić information content (AvgIpc) is 2.82. The molecule has 0 radical (unpaired) electrons. The first kappa shape index (κ1) is 23.0. The van der Waals surface area contributed by atoms with Crippen LogP contribution in [0, 0.1) is 0 Å². The van der Waals surface area contributed by atoms with E-state index in [4.69, 9.17) is 14.2 Å². The van der Waals surface area contributed by atoms with E-state index in [0.717, 1.165) is 4.90 Å². The fraction of sp³-hybridized carbons (Fsp3) is 0.167. The molecule has 0 saturated heterocycles. The zero-order valence-corrected chi connectivity index (χ0v) is 18.6. The molecule has 0 heterocycles. The lowest BCUT2D eigenvalue weighted by molar-refractivity contribution is -0.118. The van der Waals surface area contributed by atoms with Crippen molar-refractivity contribution in [3.63, 3.8) is 0 Å². The topological polar surface area (TPSA) is 85.9 Å². The number of amides is 2. The van der Waals surface area contributed by atoms with Crippen LogP contribution in [0.2, 0.25) is 0 Å². The van der Waals surface area contributed by atoms with E-state index in [9.17, 15) is 9.59 Å². The molecule has 0 aliphatic carbocycles. The minimum absolute atomic E-state index is 0.0737. The Balaban J connectivity index is 1.45. The highest BCUT2D eigenvalue weighted by atomic mass is 32.2. The summed E-state index contributed by atoms with van der Waals surface area (Å²) in [5.41, 5.74) is 1.26. The summed E-state index contributed by atoms with van der Waals surface area (Å²) in [6, 6.07) is 21.6. The molecular formula is C24H24N2O5S. The second-order valence-corrected chi connectivity index (χ2v) is 7.66. The van der Waals surface area contributed by atoms with Crippen molar-refractivity contribution < 1.29 is 23.8 Å². The summed E-state index contributed by atoms with van der Waals surface area (Å²) < 4.78 is 15.9. The number of nitrogens with one attached hydrogen (secondary N) is 2. The minimum Gasteiger partial charge on any atom is -0.497 e. The maximum atomic E-state index is 12.3. The highest BCUT2D eigenvalue weighted by molar-refractivity contribution is 8.00. The second kappa shape index (κ2) is 11.7. The molecule has 0 atom stereocenters. The van der Waals surface area contributed by atoms with Gasteiger partial charge in [0, 0.05) is 34.5 Å². The Hall–Kier alpha value is -3.65. The summed E-state index contributed by atoms with van der Waals surface area (Å²) in [4.78, 5) is 25.2. The van der Waals surface area contributed by atoms with Crippen molar-refractivity contribution in [2.24, 2.45) is 0 Å². The van der Waals surface area contributed by atoms with Crippen molar-refractivity contribution in [2.75, 3.05) is 37.2 Å². The van der Waals surface area contributed by atoms with Crippen LogP contribution in [0.4, 0.5) is 11.4 Å². The summed E-state index contributed by atoms with van der Waals surface area (Å²) in [6.07, 6.45) is 0. The molecule has 0 bridgehead atoms. The first-order valence-electron chi connectivity index (χ1n) is 9.79. The third-order valence-electron chi connectivity index (χ3n) is 4.26. The molecule has 166 valence electrons. The molecule has 0 aliphatic heterocycles. The predicted octanol–water partition coefficient (Wildman–Crippen LogP) is 4.45. The Morgan fingerprint density at radius 2 is 1.38 bits per heavy atom. The number of thioether (sulfide) groups is 1. The van der Waals surface area contributed by atoms with Gasteiger partial charge in [-0.15, -0.1) is 11.8 Å². The third kappa shape index (κ3) is 7.24. The van der Waals surface area contributed by atoms with E-state index in [2.05, 4.69) is 10.6 Å². The Morgan fingerprint density at radius 1 is 0.750 bits per heavy atom. The van der Waals surface area contributed by atoms with Gasteiger partial charge in [-0.2, -0.15) is 0 Å². The van der Waals surface area contributed by atoms with Crippen LogP contribution in [-0.4, -0.2) is 38.4 Å². The fourth-order valence-electron chi connectivity index (χ4n) is 2.72. The molecule has 0 unspecified atom stereocenters. The van der Waals surface area contributed by atoms with Crippen LogP contribution in [0.1, 0.15) is 0 Å². The van der Waals surface area contributed by atoms with E-state index < -0.39 is 0 Å². The SMILES string of the molecule is COc1cc(NC(=O)CSc2ccc(NC(=O)COc3ccccc3)cc2)cc(OC)c1. The van der Waals surface area contributed by atoms with E-state index in [0.29, 0.717) is 28.6 Å². The Kier molecular flexibility index (Phi) is 8.39. The lowest BCUT2D eigenvalue weighted by Crippen LogP contribution is -2.20. The molecule has 0 fully saturated rings. The molecule has 3 aromatic rings. The van der Waals surface area contributed by atoms with Gasteiger partial charge in [-0.05, 0) is 36.4 Å². The highest BCUT2D eigenvalue weighted by Gasteiger charge is 2.08. The lowest BCUT2D eigenvalue weighted by Gasteiger charge is -2.10. The Labute approximate surface area is 191 Å². The van der Waals surface area contributed by atoms with Gasteiger partial charge in [0.25, 0.3) is 5.91 Å². The molecule has 0 aromatic heterocycles. The molecule has 0 saturated carbocycles. The third-order valence-corrected chi connectivity index (χ3v) is 5.27. The number of methoxy groups -OCH3 is 2. The number of hydrogen-bond donors (Lipinski definition) is 2. The Morgan fingerprint density at radius 3 is 2.00 bits per heavy atom. The maximum Gasteiger partial charge on any atom is 0.262 e. The molecule has 8 heteroatoms. The summed E-state index contributed by atoms with van der Waals surface area (Å²) in [7, 11) is 3.11. The zero-order chi connectivity index (χ0) is 22.8. The second-order valence-electron chi connectivity index (χ2n) is 6.61. The van der Waals surface area contributed by atoms with Crippen molar-refractivity contribution >= 4 is 35.0 Å². The van der Waals surface area contributed by atoms with Gasteiger partial charge < -0.3 is 24.8 Å². The van der Waals surface area contributed by atoms with Crippen molar-refractivity contribution in [1.82, 2.24) is 0 Å². The van der Waals surface area contributed by atoms with E-state index in [1.54, 1.807) is 56.7 Å². The summed E-state index contributed by atoms with van der Waals surface area (Å²) in [5.74, 6) is 1.66. The highest BCUT2D eigenvalue weighted by Crippen LogP contribution is 2.26. The van der Waals surface area contributed by atoms with Gasteiger partial charge in [0.05, 0.1) is 20.0 Å². The zero-order valence-electron chi connectivity index (χ0n) is 17.8. The smallest absolute Gasteiger partial charge is 0.262 e. The number of hydrogen-bond acceptors (Lipinski definition) is 6. The molecule has 3 rings (SSSR count). The molecule has 2 amide bonds. The monoisotopic (exact) mass is 452 g/mol. The predicted molar refractivity (Wildman–Crippen MR) is 126 cm³/mol. The fourth-order valence-corrected chi connectivity index (χ4v) is 3.42. The van der Waals surface area contributed by atoms with Gasteiger partial charge in [0.15, 0.2) is 6.61 Å². The number of rotatable bonds is 10. The lowest BCUT2D eigenvalue weighted by atomic mass is 10.2. The molecule has 32 heavy (non-hydrogen) atoms. The number of ether oxygens (including phenoxy) is 3. The van der Waals surface area contributed by atoms with E-state index in [1.165, 1.54) is 11.8 Å². The largest absolute Gasteiger partial charge is 0.497 e. The minimum atomic E-state index is -0.248. The molecule has 0 spiro atoms. The van der Waals surface area contributed by atoms with Crippen LogP contribution in [-0.2, 0) is 9.59 Å². The normalized spacial score (nSPS) is 10.2. The van der Waals surface area contributed by atoms with E-state index in [-0.39, 0.29) is 24.2 Å². The van der Waals surface area contributed by atoms with Gasteiger partial charge in [-0.1, -0.05) is 18.2 Å². The number of anilines is 2. The number of carbonyl (C=O) groups is 2. The average molecular weight is 453 g/mol. The molecular weight excluding hydrogens is 428 g/mol. The standard InChI is InChI=1S/C24H24N2O5S/c1-29-20-12-18(13-21(14-20)30-2)26-24(28)16-32-22-10-8-17(9-11-22)25-23(27)15-31-19-6-4-3-5-7-19/h3-14H,15-16H2,1-2H3,(H,25,27)(H,26,28). The van der Waals surface area contributed by atoms with E-state index in [1.807, 2.05) is 30.3 Å². The van der Waals surface area contributed by atoms with Crippen LogP contribution in [0.25, 0.3) is 0 Å². The van der Waals surface area contributed by atoms with Gasteiger partial charge in [0.1, 0.15) is 17.2 Å². The van der Waals surface area contributed by atoms with Gasteiger partial charge in [0.2, 0.25) is 5.91 Å². The molecule has 7 nitrogen and oxygen atoms in total. The van der Waals surface area contributed by atoms with Crippen molar-refractivity contribution in [3.05, 3.63) is 72.8 Å². The van der Waals surface area contributed by atoms with Crippen LogP contribution in [0.15, 0.2) is 77.7 Å². The van der Waals surface area contributed by atoms with Crippen molar-refractivity contribution in [1.29, 1.82) is 0 Å². The first-order chi connectivity index (χ1) is 15.6. The van der Waals surface area contributed by atoms with Crippen molar-refractivity contribution in [2.45, 2.75) is 4.90 Å². The number of carbonyl (C=O) groups excluding carboxylic acids is 2. The molecule has 0 aliphatic rings.